The average Bonchev–Trinajstić information content (AvgIpc) is 2.47. The van der Waals surface area contributed by atoms with Crippen LogP contribution in [-0.4, -0.2) is 18.1 Å². The van der Waals surface area contributed by atoms with Gasteiger partial charge < -0.3 is 15.2 Å². The van der Waals surface area contributed by atoms with Gasteiger partial charge in [-0.3, -0.25) is 0 Å². The summed E-state index contributed by atoms with van der Waals surface area (Å²) in [5.74, 6) is 0. The van der Waals surface area contributed by atoms with Gasteiger partial charge in [-0.1, -0.05) is 18.2 Å². The van der Waals surface area contributed by atoms with E-state index in [4.69, 9.17) is 0 Å². The Bertz CT molecular complexity index is 544. The molecule has 0 spiro atoms. The second-order valence-electron chi connectivity index (χ2n) is 7.24. The minimum absolute atomic E-state index is 0.0320. The Morgan fingerprint density at radius 1 is 1.19 bits per heavy atom. The fraction of sp³-hybridized carbons (Fsp3) is 0.556. The normalized spacial score (nSPS) is 26.3. The predicted octanol–water partition coefficient (Wildman–Crippen LogP) is 3.19. The summed E-state index contributed by atoms with van der Waals surface area (Å²) in [6.07, 6.45) is 7.05. The molecule has 0 bridgehead atoms. The summed E-state index contributed by atoms with van der Waals surface area (Å²) >= 11 is 0. The number of benzene rings is 1. The summed E-state index contributed by atoms with van der Waals surface area (Å²) in [5, 5.41) is 13.2. The van der Waals surface area contributed by atoms with Gasteiger partial charge in [0.05, 0.1) is 12.2 Å². The van der Waals surface area contributed by atoms with E-state index >= 15 is 0 Å². The number of allylic oxidation sites excluding steroid dienone is 1. The van der Waals surface area contributed by atoms with E-state index in [2.05, 4.69) is 37.8 Å². The first-order chi connectivity index (χ1) is 9.98. The molecule has 2 unspecified atom stereocenters. The van der Waals surface area contributed by atoms with Gasteiger partial charge >= 0.3 is 0 Å². The molecule has 2 atom stereocenters. The minimum Gasteiger partial charge on any atom is -0.628 e. The van der Waals surface area contributed by atoms with Crippen LogP contribution in [0.2, 0.25) is 0 Å². The third-order valence-corrected chi connectivity index (χ3v) is 4.73. The van der Waals surface area contributed by atoms with Crippen molar-refractivity contribution in [1.82, 2.24) is 0 Å². The maximum Gasteiger partial charge on any atom is 0.155 e. The van der Waals surface area contributed by atoms with Crippen LogP contribution in [0.4, 0.5) is 11.4 Å². The van der Waals surface area contributed by atoms with Crippen molar-refractivity contribution in [3.8, 4) is 0 Å². The van der Waals surface area contributed by atoms with E-state index in [9.17, 15) is 5.21 Å². The standard InChI is InChI=1S/C18H26N2O/c1-18(2,3)19-13-17(14-9-5-4-6-10-14)20(21)16-12-8-7-11-15(16)19/h7-9,11-12,17,20H,4-6,10,13H2,1-3H3. The van der Waals surface area contributed by atoms with E-state index < -0.39 is 0 Å². The number of nitrogens with zero attached hydrogens (tertiary/aromatic N) is 1. The Kier molecular flexibility index (Phi) is 3.80. The highest BCUT2D eigenvalue weighted by molar-refractivity contribution is 5.66. The summed E-state index contributed by atoms with van der Waals surface area (Å²) in [6, 6.07) is 8.15. The lowest BCUT2D eigenvalue weighted by atomic mass is 9.90. The highest BCUT2D eigenvalue weighted by atomic mass is 16.5. The predicted molar refractivity (Wildman–Crippen MR) is 87.9 cm³/mol. The third-order valence-electron chi connectivity index (χ3n) is 4.73. The van der Waals surface area contributed by atoms with Crippen LogP contribution in [0.15, 0.2) is 35.9 Å². The van der Waals surface area contributed by atoms with Gasteiger partial charge in [0.2, 0.25) is 0 Å². The fourth-order valence-corrected chi connectivity index (χ4v) is 3.57. The van der Waals surface area contributed by atoms with Crippen molar-refractivity contribution in [2.24, 2.45) is 0 Å². The minimum atomic E-state index is 0.0320. The second-order valence-corrected chi connectivity index (χ2v) is 7.24. The molecule has 1 N–H and O–H groups in total. The monoisotopic (exact) mass is 286 g/mol. The van der Waals surface area contributed by atoms with Crippen molar-refractivity contribution >= 4 is 11.4 Å². The Hall–Kier alpha value is -1.32. The number of hydrogen-bond acceptors (Lipinski definition) is 2. The molecule has 2 aliphatic rings. The fourth-order valence-electron chi connectivity index (χ4n) is 3.57. The van der Waals surface area contributed by atoms with Crippen molar-refractivity contribution in [3.05, 3.63) is 41.1 Å². The van der Waals surface area contributed by atoms with Gasteiger partial charge in [-0.2, -0.15) is 0 Å². The van der Waals surface area contributed by atoms with Crippen LogP contribution in [-0.2, 0) is 0 Å². The number of fused-ring (bicyclic) bond motifs is 1. The van der Waals surface area contributed by atoms with E-state index in [1.807, 2.05) is 18.2 Å². The van der Waals surface area contributed by atoms with Crippen LogP contribution in [0.3, 0.4) is 0 Å². The molecule has 0 amide bonds. The second kappa shape index (κ2) is 5.47. The Balaban J connectivity index is 2.01. The van der Waals surface area contributed by atoms with Gasteiger partial charge in [0, 0.05) is 11.6 Å². The summed E-state index contributed by atoms with van der Waals surface area (Å²) in [7, 11) is 0. The van der Waals surface area contributed by atoms with Crippen LogP contribution in [0.25, 0.3) is 0 Å². The zero-order valence-electron chi connectivity index (χ0n) is 13.4. The lowest BCUT2D eigenvalue weighted by molar-refractivity contribution is -0.800. The molecule has 1 heterocycles. The summed E-state index contributed by atoms with van der Waals surface area (Å²) < 4.78 is 0. The largest absolute Gasteiger partial charge is 0.628 e. The van der Waals surface area contributed by atoms with E-state index in [1.54, 1.807) is 0 Å². The van der Waals surface area contributed by atoms with Crippen LogP contribution in [0.1, 0.15) is 46.5 Å². The first-order valence-electron chi connectivity index (χ1n) is 8.08. The van der Waals surface area contributed by atoms with E-state index in [0.29, 0.717) is 5.06 Å². The number of rotatable bonds is 1. The number of nitrogens with one attached hydrogen (secondary N) is 1. The molecular weight excluding hydrogens is 260 g/mol. The van der Waals surface area contributed by atoms with Gasteiger partial charge in [-0.25, -0.2) is 0 Å². The van der Waals surface area contributed by atoms with E-state index in [1.165, 1.54) is 18.4 Å². The number of anilines is 1. The third kappa shape index (κ3) is 2.72. The number of hydrogen-bond donors (Lipinski definition) is 1. The lowest BCUT2D eigenvalue weighted by Crippen LogP contribution is -3.09. The smallest absolute Gasteiger partial charge is 0.155 e. The zero-order valence-corrected chi connectivity index (χ0v) is 13.4. The molecule has 0 fully saturated rings. The van der Waals surface area contributed by atoms with Gasteiger partial charge in [0.15, 0.2) is 5.69 Å². The quantitative estimate of drug-likeness (QED) is 0.635. The highest BCUT2D eigenvalue weighted by Gasteiger charge is 2.37. The van der Waals surface area contributed by atoms with E-state index in [-0.39, 0.29) is 11.6 Å². The van der Waals surface area contributed by atoms with Crippen molar-refractivity contribution in [1.29, 1.82) is 0 Å². The molecule has 1 aromatic rings. The topological polar surface area (TPSA) is 30.7 Å². The molecule has 21 heavy (non-hydrogen) atoms. The van der Waals surface area contributed by atoms with Crippen molar-refractivity contribution in [2.45, 2.75) is 58.0 Å². The first-order valence-corrected chi connectivity index (χ1v) is 8.08. The maximum absolute atomic E-state index is 12.9. The SMILES string of the molecule is CC(C)(C)N1CC(C2=CCCCC2)[NH+]([O-])c2ccccc21. The molecule has 3 heteroatoms. The molecule has 3 rings (SSSR count). The molecule has 1 aliphatic carbocycles. The highest BCUT2D eigenvalue weighted by Crippen LogP contribution is 2.34. The van der Waals surface area contributed by atoms with Gasteiger partial charge in [0.25, 0.3) is 0 Å². The van der Waals surface area contributed by atoms with Gasteiger partial charge in [-0.05, 0) is 58.1 Å². The van der Waals surface area contributed by atoms with Crippen molar-refractivity contribution < 1.29 is 5.06 Å². The molecule has 0 radical (unpaired) electrons. The van der Waals surface area contributed by atoms with Crippen LogP contribution >= 0.6 is 0 Å². The summed E-state index contributed by atoms with van der Waals surface area (Å²) in [5.41, 5.74) is 3.40. The number of para-hydroxylation sites is 2. The van der Waals surface area contributed by atoms with Crippen molar-refractivity contribution in [2.75, 3.05) is 11.4 Å². The Labute approximate surface area is 127 Å². The first kappa shape index (κ1) is 14.6. The molecule has 0 saturated carbocycles. The maximum atomic E-state index is 12.9. The van der Waals surface area contributed by atoms with Crippen LogP contribution < -0.4 is 9.96 Å². The molecular formula is C18H26N2O. The van der Waals surface area contributed by atoms with Crippen molar-refractivity contribution in [3.63, 3.8) is 0 Å². The molecule has 3 nitrogen and oxygen atoms in total. The number of quaternary nitrogens is 1. The molecule has 1 aliphatic heterocycles. The molecule has 1 aromatic carbocycles. The molecule has 0 aromatic heterocycles. The average molecular weight is 286 g/mol. The Morgan fingerprint density at radius 3 is 2.62 bits per heavy atom. The Morgan fingerprint density at radius 2 is 1.95 bits per heavy atom. The summed E-state index contributed by atoms with van der Waals surface area (Å²) in [6.45, 7) is 7.51. The van der Waals surface area contributed by atoms with Gasteiger partial charge in [0.1, 0.15) is 6.04 Å². The summed E-state index contributed by atoms with van der Waals surface area (Å²) in [4.78, 5) is 2.41. The molecule has 0 saturated heterocycles. The van der Waals surface area contributed by atoms with Crippen LogP contribution in [0.5, 0.6) is 0 Å². The zero-order chi connectivity index (χ0) is 15.0. The number of hydroxylamine groups is 1. The lowest BCUT2D eigenvalue weighted by Gasteiger charge is -2.48. The molecule has 114 valence electrons. The van der Waals surface area contributed by atoms with E-state index in [0.717, 1.165) is 30.8 Å². The van der Waals surface area contributed by atoms with Gasteiger partial charge in [-0.15, -0.1) is 0 Å². The van der Waals surface area contributed by atoms with Crippen LogP contribution in [0, 0.1) is 5.21 Å².